The molecule has 1 amide bonds. The van der Waals surface area contributed by atoms with E-state index in [0.717, 1.165) is 16.7 Å². The van der Waals surface area contributed by atoms with E-state index in [-0.39, 0.29) is 11.7 Å². The van der Waals surface area contributed by atoms with Gasteiger partial charge >= 0.3 is 0 Å². The minimum absolute atomic E-state index is 0.202. The van der Waals surface area contributed by atoms with Crippen LogP contribution in [0.1, 0.15) is 16.2 Å². The molecule has 2 aromatic heterocycles. The van der Waals surface area contributed by atoms with E-state index in [0.29, 0.717) is 17.1 Å². The van der Waals surface area contributed by atoms with E-state index in [4.69, 9.17) is 9.15 Å². The topological polar surface area (TPSA) is 77.2 Å². The fraction of sp³-hybridized carbons (Fsp3) is 0.0500. The number of amides is 1. The van der Waals surface area contributed by atoms with Crippen molar-refractivity contribution in [2.24, 2.45) is 0 Å². The number of nitrogens with zero attached hydrogens (tertiary/aromatic N) is 2. The van der Waals surface area contributed by atoms with Gasteiger partial charge in [0.2, 0.25) is 5.76 Å². The molecule has 6 nitrogen and oxygen atoms in total. The molecule has 4 aromatic rings. The van der Waals surface area contributed by atoms with Gasteiger partial charge in [-0.05, 0) is 49.4 Å². The predicted octanol–water partition coefficient (Wildman–Crippen LogP) is 4.58. The SMILES string of the molecule is Cc1ncoc1C(=O)Nc1ccc(Oc2ccnc3ccccc23)cc1. The number of pyridine rings is 1. The van der Waals surface area contributed by atoms with Crippen LogP contribution in [0.2, 0.25) is 0 Å². The summed E-state index contributed by atoms with van der Waals surface area (Å²) in [6, 6.07) is 16.7. The third-order valence-corrected chi connectivity index (χ3v) is 3.90. The summed E-state index contributed by atoms with van der Waals surface area (Å²) in [6.07, 6.45) is 2.96. The Balaban J connectivity index is 1.51. The smallest absolute Gasteiger partial charge is 0.293 e. The van der Waals surface area contributed by atoms with Crippen LogP contribution in [-0.4, -0.2) is 15.9 Å². The van der Waals surface area contributed by atoms with E-state index in [1.165, 1.54) is 6.39 Å². The molecule has 0 aliphatic heterocycles. The Morgan fingerprint density at radius 1 is 1.04 bits per heavy atom. The van der Waals surface area contributed by atoms with Gasteiger partial charge in [-0.2, -0.15) is 0 Å². The van der Waals surface area contributed by atoms with Gasteiger partial charge in [-0.25, -0.2) is 4.98 Å². The molecule has 0 spiro atoms. The fourth-order valence-electron chi connectivity index (χ4n) is 2.60. The molecule has 0 aliphatic rings. The van der Waals surface area contributed by atoms with Crippen LogP contribution < -0.4 is 10.1 Å². The number of rotatable bonds is 4. The zero-order chi connectivity index (χ0) is 17.9. The van der Waals surface area contributed by atoms with Crippen LogP contribution in [-0.2, 0) is 0 Å². The minimum atomic E-state index is -0.339. The van der Waals surface area contributed by atoms with Crippen LogP contribution in [0.4, 0.5) is 5.69 Å². The molecule has 0 atom stereocenters. The number of oxazole rings is 1. The molecule has 128 valence electrons. The van der Waals surface area contributed by atoms with Crippen LogP contribution in [0.15, 0.2) is 71.6 Å². The van der Waals surface area contributed by atoms with Crippen LogP contribution in [0.3, 0.4) is 0 Å². The number of para-hydroxylation sites is 1. The van der Waals surface area contributed by atoms with Crippen molar-refractivity contribution in [3.8, 4) is 11.5 Å². The molecule has 4 rings (SSSR count). The lowest BCUT2D eigenvalue weighted by molar-refractivity contribution is 0.0996. The Bertz CT molecular complexity index is 1070. The number of anilines is 1. The summed E-state index contributed by atoms with van der Waals surface area (Å²) >= 11 is 0. The molecule has 26 heavy (non-hydrogen) atoms. The predicted molar refractivity (Wildman–Crippen MR) is 97.5 cm³/mol. The van der Waals surface area contributed by atoms with Gasteiger partial charge in [0.15, 0.2) is 6.39 Å². The first-order valence-electron chi connectivity index (χ1n) is 8.04. The monoisotopic (exact) mass is 345 g/mol. The van der Waals surface area contributed by atoms with Crippen molar-refractivity contribution in [2.75, 3.05) is 5.32 Å². The molecule has 2 heterocycles. The number of carbonyl (C=O) groups is 1. The highest BCUT2D eigenvalue weighted by Crippen LogP contribution is 2.29. The van der Waals surface area contributed by atoms with Crippen LogP contribution in [0, 0.1) is 6.92 Å². The zero-order valence-electron chi connectivity index (χ0n) is 14.0. The second-order valence-corrected chi connectivity index (χ2v) is 5.67. The lowest BCUT2D eigenvalue weighted by Crippen LogP contribution is -2.12. The molecule has 0 fully saturated rings. The quantitative estimate of drug-likeness (QED) is 0.586. The van der Waals surface area contributed by atoms with E-state index in [2.05, 4.69) is 15.3 Å². The van der Waals surface area contributed by atoms with E-state index in [1.54, 1.807) is 37.4 Å². The summed E-state index contributed by atoms with van der Waals surface area (Å²) in [5.74, 6) is 1.25. The van der Waals surface area contributed by atoms with Gasteiger partial charge in [-0.3, -0.25) is 9.78 Å². The van der Waals surface area contributed by atoms with Crippen molar-refractivity contribution in [3.05, 3.63) is 78.6 Å². The molecular weight excluding hydrogens is 330 g/mol. The standard InChI is InChI=1S/C20H15N3O3/c1-13-19(25-12-22-13)20(24)23-14-6-8-15(9-7-14)26-18-10-11-21-17-5-3-2-4-16(17)18/h2-12H,1H3,(H,23,24). The molecule has 2 aromatic carbocycles. The number of hydrogen-bond donors (Lipinski definition) is 1. The van der Waals surface area contributed by atoms with E-state index in [9.17, 15) is 4.79 Å². The van der Waals surface area contributed by atoms with Gasteiger partial charge in [-0.15, -0.1) is 0 Å². The number of aryl methyl sites for hydroxylation is 1. The van der Waals surface area contributed by atoms with Gasteiger partial charge < -0.3 is 14.5 Å². The average molecular weight is 345 g/mol. The van der Waals surface area contributed by atoms with Crippen molar-refractivity contribution < 1.29 is 13.9 Å². The lowest BCUT2D eigenvalue weighted by Gasteiger charge is -2.09. The van der Waals surface area contributed by atoms with Crippen molar-refractivity contribution in [1.82, 2.24) is 9.97 Å². The summed E-state index contributed by atoms with van der Waals surface area (Å²) < 4.78 is 11.0. The molecule has 0 unspecified atom stereocenters. The van der Waals surface area contributed by atoms with Gasteiger partial charge in [0.1, 0.15) is 11.5 Å². The maximum atomic E-state index is 12.1. The fourth-order valence-corrected chi connectivity index (χ4v) is 2.60. The van der Waals surface area contributed by atoms with Gasteiger partial charge in [-0.1, -0.05) is 12.1 Å². The van der Waals surface area contributed by atoms with Crippen LogP contribution in [0.5, 0.6) is 11.5 Å². The van der Waals surface area contributed by atoms with Gasteiger partial charge in [0.25, 0.3) is 5.91 Å². The number of carbonyl (C=O) groups excluding carboxylic acids is 1. The van der Waals surface area contributed by atoms with E-state index in [1.807, 2.05) is 30.3 Å². The molecular formula is C20H15N3O3. The van der Waals surface area contributed by atoms with Crippen LogP contribution in [0.25, 0.3) is 10.9 Å². The van der Waals surface area contributed by atoms with Crippen LogP contribution >= 0.6 is 0 Å². The summed E-state index contributed by atoms with van der Waals surface area (Å²) in [4.78, 5) is 20.4. The van der Waals surface area contributed by atoms with E-state index < -0.39 is 0 Å². The third-order valence-electron chi connectivity index (χ3n) is 3.90. The molecule has 6 heteroatoms. The second kappa shape index (κ2) is 6.68. The summed E-state index contributed by atoms with van der Waals surface area (Å²) in [6.45, 7) is 1.72. The first-order valence-corrected chi connectivity index (χ1v) is 8.04. The Labute approximate surface area is 149 Å². The Morgan fingerprint density at radius 3 is 2.62 bits per heavy atom. The number of benzene rings is 2. The third kappa shape index (κ3) is 3.12. The maximum Gasteiger partial charge on any atom is 0.293 e. The highest BCUT2D eigenvalue weighted by Gasteiger charge is 2.14. The van der Waals surface area contributed by atoms with Gasteiger partial charge in [0, 0.05) is 17.3 Å². The number of hydrogen-bond acceptors (Lipinski definition) is 5. The highest BCUT2D eigenvalue weighted by molar-refractivity contribution is 6.02. The Morgan fingerprint density at radius 2 is 1.85 bits per heavy atom. The number of nitrogens with one attached hydrogen (secondary N) is 1. The first kappa shape index (κ1) is 15.8. The summed E-state index contributed by atoms with van der Waals surface area (Å²) in [5, 5.41) is 3.71. The largest absolute Gasteiger partial charge is 0.457 e. The molecule has 0 saturated carbocycles. The zero-order valence-corrected chi connectivity index (χ0v) is 14.0. The van der Waals surface area contributed by atoms with Crippen molar-refractivity contribution in [1.29, 1.82) is 0 Å². The van der Waals surface area contributed by atoms with Crippen molar-refractivity contribution in [3.63, 3.8) is 0 Å². The molecule has 1 N–H and O–H groups in total. The number of ether oxygens (including phenoxy) is 1. The maximum absolute atomic E-state index is 12.1. The summed E-state index contributed by atoms with van der Waals surface area (Å²) in [7, 11) is 0. The molecule has 0 saturated heterocycles. The lowest BCUT2D eigenvalue weighted by atomic mass is 10.2. The second-order valence-electron chi connectivity index (χ2n) is 5.67. The molecule has 0 radical (unpaired) electrons. The van der Waals surface area contributed by atoms with Crippen molar-refractivity contribution >= 4 is 22.5 Å². The summed E-state index contributed by atoms with van der Waals surface area (Å²) in [5.41, 5.74) is 2.06. The molecule has 0 bridgehead atoms. The Hall–Kier alpha value is -3.67. The highest BCUT2D eigenvalue weighted by atomic mass is 16.5. The number of aromatic nitrogens is 2. The molecule has 0 aliphatic carbocycles. The first-order chi connectivity index (χ1) is 12.7. The van der Waals surface area contributed by atoms with Crippen molar-refractivity contribution in [2.45, 2.75) is 6.92 Å². The normalized spacial score (nSPS) is 10.7. The minimum Gasteiger partial charge on any atom is -0.457 e. The van der Waals surface area contributed by atoms with Gasteiger partial charge in [0.05, 0.1) is 11.2 Å². The van der Waals surface area contributed by atoms with E-state index >= 15 is 0 Å². The number of fused-ring (bicyclic) bond motifs is 1. The average Bonchev–Trinajstić information content (AvgIpc) is 3.10. The Kier molecular flexibility index (Phi) is 4.07.